The van der Waals surface area contributed by atoms with E-state index in [0.717, 1.165) is 43.2 Å². The van der Waals surface area contributed by atoms with Crippen LogP contribution in [0, 0.1) is 17.3 Å². The summed E-state index contributed by atoms with van der Waals surface area (Å²) >= 11 is 6.66. The Bertz CT molecular complexity index is 976. The standard InChI is InChI=1S/C36H56ClNO/c1-9-22-36(24-17-26-39-27-36)23-15-14-18-29(7)30(8)34(12-4)38(25-21-28(6)10-2)35(13-5)32-19-16-20-33(37)31(32)11-3/h12-13,16,19-21,25,28-29H,8-11,14-15,17-18,22-24,26-27H2,1-7H3/b25-21-,34-12-,35-13+/t28?,29-,36?/m1/s1. The molecular weight excluding hydrogens is 498 g/mol. The second-order valence-corrected chi connectivity index (χ2v) is 12.0. The fourth-order valence-corrected chi connectivity index (χ4v) is 6.37. The number of ether oxygens (including phenoxy) is 1. The minimum absolute atomic E-state index is 0.406. The number of rotatable bonds is 16. The molecule has 0 bridgehead atoms. The summed E-state index contributed by atoms with van der Waals surface area (Å²) in [6, 6.07) is 6.26. The normalized spacial score (nSPS) is 20.3. The Labute approximate surface area is 246 Å². The lowest BCUT2D eigenvalue weighted by Crippen LogP contribution is -2.31. The van der Waals surface area contributed by atoms with E-state index in [0.29, 0.717) is 17.3 Å². The van der Waals surface area contributed by atoms with Crippen molar-refractivity contribution < 1.29 is 4.74 Å². The molecule has 1 aliphatic heterocycles. The van der Waals surface area contributed by atoms with Crippen LogP contribution in [0.2, 0.25) is 5.02 Å². The van der Waals surface area contributed by atoms with Gasteiger partial charge in [0.2, 0.25) is 0 Å². The average molecular weight is 554 g/mol. The molecule has 3 heteroatoms. The van der Waals surface area contributed by atoms with Gasteiger partial charge in [0, 0.05) is 34.8 Å². The summed E-state index contributed by atoms with van der Waals surface area (Å²) < 4.78 is 5.92. The van der Waals surface area contributed by atoms with Gasteiger partial charge in [-0.15, -0.1) is 0 Å². The summed E-state index contributed by atoms with van der Waals surface area (Å²) in [6.45, 7) is 22.2. The second kappa shape index (κ2) is 17.1. The quantitative estimate of drug-likeness (QED) is 0.149. The van der Waals surface area contributed by atoms with Gasteiger partial charge in [-0.3, -0.25) is 0 Å². The predicted octanol–water partition coefficient (Wildman–Crippen LogP) is 11.4. The molecule has 1 heterocycles. The molecule has 0 amide bonds. The van der Waals surface area contributed by atoms with Crippen LogP contribution in [-0.4, -0.2) is 18.1 Å². The van der Waals surface area contributed by atoms with E-state index in [2.05, 4.69) is 96.5 Å². The number of benzene rings is 1. The van der Waals surface area contributed by atoms with E-state index >= 15 is 0 Å². The Morgan fingerprint density at radius 2 is 1.90 bits per heavy atom. The van der Waals surface area contributed by atoms with Crippen molar-refractivity contribution in [3.8, 4) is 0 Å². The van der Waals surface area contributed by atoms with Gasteiger partial charge in [0.25, 0.3) is 0 Å². The summed E-state index contributed by atoms with van der Waals surface area (Å²) in [5, 5.41) is 0.832. The van der Waals surface area contributed by atoms with Gasteiger partial charge < -0.3 is 9.64 Å². The zero-order valence-electron chi connectivity index (χ0n) is 26.1. The molecule has 218 valence electrons. The maximum absolute atomic E-state index is 6.66. The molecule has 0 spiro atoms. The molecule has 1 aromatic carbocycles. The summed E-state index contributed by atoms with van der Waals surface area (Å²) in [6.07, 6.45) is 21.1. The number of unbranched alkanes of at least 4 members (excludes halogenated alkanes) is 1. The minimum atomic E-state index is 0.406. The molecule has 0 radical (unpaired) electrons. The first-order chi connectivity index (χ1) is 18.8. The molecule has 3 atom stereocenters. The topological polar surface area (TPSA) is 12.5 Å². The third kappa shape index (κ3) is 9.39. The van der Waals surface area contributed by atoms with Crippen molar-refractivity contribution in [1.82, 2.24) is 4.90 Å². The first-order valence-corrected chi connectivity index (χ1v) is 16.0. The zero-order valence-corrected chi connectivity index (χ0v) is 26.9. The lowest BCUT2D eigenvalue weighted by atomic mass is 9.74. The number of allylic oxidation sites excluding steroid dienone is 4. The van der Waals surface area contributed by atoms with E-state index in [-0.39, 0.29) is 0 Å². The van der Waals surface area contributed by atoms with Crippen molar-refractivity contribution in [3.05, 3.63) is 76.6 Å². The van der Waals surface area contributed by atoms with E-state index in [4.69, 9.17) is 16.3 Å². The van der Waals surface area contributed by atoms with Crippen LogP contribution in [0.25, 0.3) is 5.70 Å². The fraction of sp³-hybridized carbons (Fsp3) is 0.611. The van der Waals surface area contributed by atoms with Crippen molar-refractivity contribution >= 4 is 17.3 Å². The molecule has 1 aromatic rings. The predicted molar refractivity (Wildman–Crippen MR) is 173 cm³/mol. The highest BCUT2D eigenvalue weighted by atomic mass is 35.5. The molecule has 2 unspecified atom stereocenters. The van der Waals surface area contributed by atoms with Gasteiger partial charge in [-0.2, -0.15) is 0 Å². The number of hydrogen-bond acceptors (Lipinski definition) is 2. The largest absolute Gasteiger partial charge is 0.381 e. The van der Waals surface area contributed by atoms with Crippen LogP contribution in [0.15, 0.2) is 60.5 Å². The Hall–Kier alpha value is -1.77. The first-order valence-electron chi connectivity index (χ1n) is 15.6. The summed E-state index contributed by atoms with van der Waals surface area (Å²) in [4.78, 5) is 2.35. The first kappa shape index (κ1) is 33.4. The summed E-state index contributed by atoms with van der Waals surface area (Å²) in [5.74, 6) is 0.905. The van der Waals surface area contributed by atoms with Crippen LogP contribution >= 0.6 is 11.6 Å². The van der Waals surface area contributed by atoms with Crippen molar-refractivity contribution in [2.75, 3.05) is 13.2 Å². The van der Waals surface area contributed by atoms with E-state index in [9.17, 15) is 0 Å². The molecule has 39 heavy (non-hydrogen) atoms. The molecule has 1 saturated heterocycles. The Balaban J connectivity index is 2.23. The highest BCUT2D eigenvalue weighted by Crippen LogP contribution is 2.39. The highest BCUT2D eigenvalue weighted by Gasteiger charge is 2.31. The van der Waals surface area contributed by atoms with Gasteiger partial charge >= 0.3 is 0 Å². The molecule has 2 rings (SSSR count). The number of halogens is 1. The Morgan fingerprint density at radius 1 is 1.13 bits per heavy atom. The van der Waals surface area contributed by atoms with Gasteiger partial charge in [0.1, 0.15) is 0 Å². The molecule has 2 nitrogen and oxygen atoms in total. The fourth-order valence-electron chi connectivity index (χ4n) is 6.06. The van der Waals surface area contributed by atoms with Crippen LogP contribution in [0.1, 0.15) is 117 Å². The maximum atomic E-state index is 6.66. The Kier molecular flexibility index (Phi) is 14.7. The van der Waals surface area contributed by atoms with Crippen LogP contribution in [0.3, 0.4) is 0 Å². The maximum Gasteiger partial charge on any atom is 0.0522 e. The summed E-state index contributed by atoms with van der Waals surface area (Å²) in [7, 11) is 0. The zero-order chi connectivity index (χ0) is 28.8. The number of hydrogen-bond donors (Lipinski definition) is 0. The highest BCUT2D eigenvalue weighted by molar-refractivity contribution is 6.31. The van der Waals surface area contributed by atoms with Crippen molar-refractivity contribution in [3.63, 3.8) is 0 Å². The van der Waals surface area contributed by atoms with E-state index < -0.39 is 0 Å². The van der Waals surface area contributed by atoms with Crippen molar-refractivity contribution in [2.24, 2.45) is 17.3 Å². The third-order valence-electron chi connectivity index (χ3n) is 8.72. The van der Waals surface area contributed by atoms with Gasteiger partial charge in [-0.05, 0) is 86.8 Å². The van der Waals surface area contributed by atoms with E-state index in [1.807, 2.05) is 6.07 Å². The SMILES string of the molecule is C=C(/C(=C/C)N(/C=C\C(C)CC)/C(=C/C)c1cccc(Cl)c1CC)[C@H](C)CCCCC1(CCC)CCCOC1. The van der Waals surface area contributed by atoms with Gasteiger partial charge in [0.15, 0.2) is 0 Å². The third-order valence-corrected chi connectivity index (χ3v) is 9.08. The lowest BCUT2D eigenvalue weighted by Gasteiger charge is -2.37. The van der Waals surface area contributed by atoms with Gasteiger partial charge in [-0.1, -0.05) is 109 Å². The number of nitrogens with zero attached hydrogens (tertiary/aromatic N) is 1. The van der Waals surface area contributed by atoms with Crippen molar-refractivity contribution in [2.45, 2.75) is 113 Å². The van der Waals surface area contributed by atoms with E-state index in [1.165, 1.54) is 67.3 Å². The van der Waals surface area contributed by atoms with Crippen LogP contribution in [-0.2, 0) is 11.2 Å². The van der Waals surface area contributed by atoms with Crippen LogP contribution in [0.5, 0.6) is 0 Å². The minimum Gasteiger partial charge on any atom is -0.381 e. The molecule has 0 saturated carbocycles. The summed E-state index contributed by atoms with van der Waals surface area (Å²) in [5.41, 5.74) is 6.34. The monoisotopic (exact) mass is 553 g/mol. The lowest BCUT2D eigenvalue weighted by molar-refractivity contribution is -0.0192. The smallest absolute Gasteiger partial charge is 0.0522 e. The molecule has 0 aliphatic carbocycles. The van der Waals surface area contributed by atoms with Crippen molar-refractivity contribution in [1.29, 1.82) is 0 Å². The Morgan fingerprint density at radius 3 is 2.49 bits per heavy atom. The van der Waals surface area contributed by atoms with Crippen LogP contribution < -0.4 is 0 Å². The molecular formula is C36H56ClNO. The van der Waals surface area contributed by atoms with Gasteiger partial charge in [-0.25, -0.2) is 0 Å². The molecule has 0 N–H and O–H groups in total. The second-order valence-electron chi connectivity index (χ2n) is 11.6. The van der Waals surface area contributed by atoms with Crippen LogP contribution in [0.4, 0.5) is 0 Å². The van der Waals surface area contributed by atoms with Gasteiger partial charge in [0.05, 0.1) is 6.61 Å². The average Bonchev–Trinajstić information content (AvgIpc) is 2.94. The molecule has 1 aliphatic rings. The molecule has 0 aromatic heterocycles. The molecule has 1 fully saturated rings. The van der Waals surface area contributed by atoms with E-state index in [1.54, 1.807) is 0 Å².